The molecule has 0 radical (unpaired) electrons. The highest BCUT2D eigenvalue weighted by molar-refractivity contribution is 5.95. The molecule has 2 saturated heterocycles. The van der Waals surface area contributed by atoms with Gasteiger partial charge in [0.15, 0.2) is 11.5 Å². The summed E-state index contributed by atoms with van der Waals surface area (Å²) < 4.78 is 10.6. The second kappa shape index (κ2) is 7.49. The average Bonchev–Trinajstić information content (AvgIpc) is 3.31. The lowest BCUT2D eigenvalue weighted by molar-refractivity contribution is -0.136. The topological polar surface area (TPSA) is 71.1 Å². The molecule has 1 aromatic carbocycles. The van der Waals surface area contributed by atoms with Crippen LogP contribution in [0.25, 0.3) is 0 Å². The van der Waals surface area contributed by atoms with Crippen molar-refractivity contribution in [2.75, 3.05) is 46.1 Å². The molecule has 1 aromatic rings. The summed E-state index contributed by atoms with van der Waals surface area (Å²) in [5.41, 5.74) is 0.596. The number of ether oxygens (including phenoxy) is 2. The van der Waals surface area contributed by atoms with E-state index >= 15 is 0 Å². The second-order valence-electron chi connectivity index (χ2n) is 6.38. The smallest absolute Gasteiger partial charge is 0.254 e. The highest BCUT2D eigenvalue weighted by Gasteiger charge is 2.31. The zero-order valence-corrected chi connectivity index (χ0v) is 14.7. The van der Waals surface area contributed by atoms with Crippen molar-refractivity contribution in [1.82, 2.24) is 15.1 Å². The fraction of sp³-hybridized carbons (Fsp3) is 0.529. The summed E-state index contributed by atoms with van der Waals surface area (Å²) in [5.74, 6) is 1.58. The van der Waals surface area contributed by atoms with Gasteiger partial charge in [0.05, 0.1) is 5.92 Å². The van der Waals surface area contributed by atoms with E-state index in [4.69, 9.17) is 9.47 Å². The van der Waals surface area contributed by atoms with E-state index in [2.05, 4.69) is 5.32 Å². The molecular formula is C17H22ClN3O4. The minimum atomic E-state index is -0.0251. The Morgan fingerprint density at radius 3 is 2.48 bits per heavy atom. The number of piperazine rings is 1. The number of benzene rings is 1. The number of nitrogens with zero attached hydrogens (tertiary/aromatic N) is 2. The van der Waals surface area contributed by atoms with Gasteiger partial charge >= 0.3 is 0 Å². The van der Waals surface area contributed by atoms with Gasteiger partial charge in [0, 0.05) is 38.3 Å². The maximum atomic E-state index is 12.6. The summed E-state index contributed by atoms with van der Waals surface area (Å²) in [6, 6.07) is 5.26. The van der Waals surface area contributed by atoms with Crippen molar-refractivity contribution in [3.05, 3.63) is 23.8 Å². The third kappa shape index (κ3) is 3.52. The summed E-state index contributed by atoms with van der Waals surface area (Å²) >= 11 is 0. The summed E-state index contributed by atoms with van der Waals surface area (Å²) in [5, 5.41) is 3.23. The van der Waals surface area contributed by atoms with Crippen LogP contribution in [0, 0.1) is 5.92 Å². The lowest BCUT2D eigenvalue weighted by Gasteiger charge is -2.36. The molecule has 1 N–H and O–H groups in total. The molecule has 0 spiro atoms. The number of halogens is 1. The van der Waals surface area contributed by atoms with E-state index < -0.39 is 0 Å². The maximum Gasteiger partial charge on any atom is 0.254 e. The predicted molar refractivity (Wildman–Crippen MR) is 93.3 cm³/mol. The van der Waals surface area contributed by atoms with Gasteiger partial charge < -0.3 is 24.6 Å². The molecule has 8 heteroatoms. The normalized spacial score (nSPS) is 21.8. The Balaban J connectivity index is 0.00000182. The maximum absolute atomic E-state index is 12.6. The number of carbonyl (C=O) groups is 2. The molecule has 7 nitrogen and oxygen atoms in total. The zero-order valence-electron chi connectivity index (χ0n) is 13.9. The molecule has 3 aliphatic heterocycles. The van der Waals surface area contributed by atoms with Crippen molar-refractivity contribution in [2.45, 2.75) is 6.42 Å². The summed E-state index contributed by atoms with van der Waals surface area (Å²) in [7, 11) is 0. The average molecular weight is 368 g/mol. The lowest BCUT2D eigenvalue weighted by atomic mass is 10.1. The molecule has 1 atom stereocenters. The number of hydrogen-bond acceptors (Lipinski definition) is 5. The van der Waals surface area contributed by atoms with Crippen molar-refractivity contribution in [1.29, 1.82) is 0 Å². The monoisotopic (exact) mass is 367 g/mol. The van der Waals surface area contributed by atoms with Crippen molar-refractivity contribution < 1.29 is 19.1 Å². The highest BCUT2D eigenvalue weighted by atomic mass is 35.5. The van der Waals surface area contributed by atoms with E-state index in [-0.39, 0.29) is 36.9 Å². The van der Waals surface area contributed by atoms with Crippen LogP contribution >= 0.6 is 12.4 Å². The molecule has 2 amide bonds. The third-order valence-electron chi connectivity index (χ3n) is 4.91. The highest BCUT2D eigenvalue weighted by Crippen LogP contribution is 2.32. The van der Waals surface area contributed by atoms with Crippen molar-refractivity contribution >= 4 is 24.2 Å². The van der Waals surface area contributed by atoms with Crippen LogP contribution in [-0.4, -0.2) is 67.7 Å². The molecule has 136 valence electrons. The Hall–Kier alpha value is -1.99. The Bertz CT molecular complexity index is 655. The lowest BCUT2D eigenvalue weighted by Crippen LogP contribution is -2.52. The molecule has 4 rings (SSSR count). The third-order valence-corrected chi connectivity index (χ3v) is 4.91. The number of nitrogens with one attached hydrogen (secondary N) is 1. The Morgan fingerprint density at radius 2 is 1.76 bits per heavy atom. The second-order valence-corrected chi connectivity index (χ2v) is 6.38. The molecule has 0 saturated carbocycles. The summed E-state index contributed by atoms with van der Waals surface area (Å²) in [6.45, 7) is 4.23. The molecule has 3 heterocycles. The van der Waals surface area contributed by atoms with E-state index in [1.54, 1.807) is 23.1 Å². The number of fused-ring (bicyclic) bond motifs is 1. The fourth-order valence-corrected chi connectivity index (χ4v) is 3.47. The first-order chi connectivity index (χ1) is 11.7. The van der Waals surface area contributed by atoms with Crippen LogP contribution in [0.2, 0.25) is 0 Å². The van der Waals surface area contributed by atoms with Crippen LogP contribution in [0.5, 0.6) is 11.5 Å². The SMILES string of the molecule is Cl.O=C(c1ccc2c(c1)OCO2)N1CCN(C(=O)C2CCNC2)CC1. The van der Waals surface area contributed by atoms with Gasteiger partial charge in [-0.1, -0.05) is 0 Å². The van der Waals surface area contributed by atoms with Crippen LogP contribution < -0.4 is 14.8 Å². The minimum Gasteiger partial charge on any atom is -0.454 e. The number of hydrogen-bond donors (Lipinski definition) is 1. The summed E-state index contributed by atoms with van der Waals surface area (Å²) in [6.07, 6.45) is 0.912. The van der Waals surface area contributed by atoms with Gasteiger partial charge in [-0.3, -0.25) is 9.59 Å². The Morgan fingerprint density at radius 1 is 1.04 bits per heavy atom. The van der Waals surface area contributed by atoms with Gasteiger partial charge in [-0.25, -0.2) is 0 Å². The van der Waals surface area contributed by atoms with Crippen LogP contribution in [0.4, 0.5) is 0 Å². The van der Waals surface area contributed by atoms with E-state index in [0.717, 1.165) is 19.5 Å². The first-order valence-electron chi connectivity index (χ1n) is 8.41. The van der Waals surface area contributed by atoms with E-state index in [9.17, 15) is 9.59 Å². The van der Waals surface area contributed by atoms with Crippen molar-refractivity contribution in [3.8, 4) is 11.5 Å². The molecule has 0 aromatic heterocycles. The Kier molecular flexibility index (Phi) is 5.34. The molecule has 25 heavy (non-hydrogen) atoms. The molecule has 0 bridgehead atoms. The van der Waals surface area contributed by atoms with Gasteiger partial charge in [0.2, 0.25) is 12.7 Å². The molecule has 0 aliphatic carbocycles. The minimum absolute atomic E-state index is 0. The largest absolute Gasteiger partial charge is 0.454 e. The molecule has 1 unspecified atom stereocenters. The van der Waals surface area contributed by atoms with Gasteiger partial charge in [-0.2, -0.15) is 0 Å². The molecule has 2 fully saturated rings. The first kappa shape index (κ1) is 17.8. The van der Waals surface area contributed by atoms with Gasteiger partial charge in [0.1, 0.15) is 0 Å². The summed E-state index contributed by atoms with van der Waals surface area (Å²) in [4.78, 5) is 28.8. The van der Waals surface area contributed by atoms with E-state index in [1.807, 2.05) is 4.90 Å². The van der Waals surface area contributed by atoms with Crippen molar-refractivity contribution in [3.63, 3.8) is 0 Å². The Labute approximate surface area is 152 Å². The van der Waals surface area contributed by atoms with Crippen LogP contribution in [0.15, 0.2) is 18.2 Å². The first-order valence-corrected chi connectivity index (χ1v) is 8.41. The van der Waals surface area contributed by atoms with Crippen molar-refractivity contribution in [2.24, 2.45) is 5.92 Å². The van der Waals surface area contributed by atoms with Crippen LogP contribution in [-0.2, 0) is 4.79 Å². The van der Waals surface area contributed by atoms with Gasteiger partial charge in [-0.05, 0) is 31.2 Å². The fourth-order valence-electron chi connectivity index (χ4n) is 3.47. The quantitative estimate of drug-likeness (QED) is 0.834. The standard InChI is InChI=1S/C17H21N3O4.ClH/c21-16(12-1-2-14-15(9-12)24-11-23-14)19-5-7-20(8-6-19)17(22)13-3-4-18-10-13;/h1-2,9,13,18H,3-8,10-11H2;1H. The number of amides is 2. The van der Waals surface area contributed by atoms with Gasteiger partial charge in [0.25, 0.3) is 5.91 Å². The van der Waals surface area contributed by atoms with Crippen LogP contribution in [0.3, 0.4) is 0 Å². The predicted octanol–water partition coefficient (Wildman–Crippen LogP) is 0.731. The van der Waals surface area contributed by atoms with E-state index in [0.29, 0.717) is 43.2 Å². The molecule has 3 aliphatic rings. The van der Waals surface area contributed by atoms with E-state index in [1.165, 1.54) is 0 Å². The van der Waals surface area contributed by atoms with Gasteiger partial charge in [-0.15, -0.1) is 12.4 Å². The number of carbonyl (C=O) groups excluding carboxylic acids is 2. The molecular weight excluding hydrogens is 346 g/mol. The van der Waals surface area contributed by atoms with Crippen LogP contribution in [0.1, 0.15) is 16.8 Å². The number of rotatable bonds is 2. The zero-order chi connectivity index (χ0) is 16.5.